The number of hydrogen-bond acceptors (Lipinski definition) is 7. The van der Waals surface area contributed by atoms with E-state index in [4.69, 9.17) is 0 Å². The molecule has 4 N–H and O–H groups in total. The normalized spacial score (nSPS) is 20.6. The number of urea groups is 1. The molecular weight excluding hydrogens is 628 g/mol. The van der Waals surface area contributed by atoms with Gasteiger partial charge in [-0.05, 0) is 42.4 Å². The summed E-state index contributed by atoms with van der Waals surface area (Å²) in [6.45, 7) is 21.0. The zero-order valence-corrected chi connectivity index (χ0v) is 31.1. The monoisotopic (exact) mass is 688 g/mol. The topological polar surface area (TPSA) is 174 Å². The molecule has 0 radical (unpaired) electrons. The van der Waals surface area contributed by atoms with Crippen LogP contribution in [0.2, 0.25) is 0 Å². The summed E-state index contributed by atoms with van der Waals surface area (Å²) in [5.74, 6) is -3.44. The van der Waals surface area contributed by atoms with Crippen molar-refractivity contribution in [3.05, 3.63) is 12.7 Å². The Hall–Kier alpha value is -3.77. The van der Waals surface area contributed by atoms with Gasteiger partial charge >= 0.3 is 6.03 Å². The Bertz CT molecular complexity index is 1240. The highest BCUT2D eigenvalue weighted by atomic mass is 16.2. The van der Waals surface area contributed by atoms with Crippen LogP contribution in [0, 0.1) is 23.2 Å². The first kappa shape index (κ1) is 41.4. The van der Waals surface area contributed by atoms with Crippen molar-refractivity contribution >= 4 is 41.4 Å². The number of carbonyl (C=O) groups excluding carboxylic acids is 7. The van der Waals surface area contributed by atoms with Gasteiger partial charge in [0.25, 0.3) is 5.91 Å². The third-order valence-electron chi connectivity index (χ3n) is 10.0. The highest BCUT2D eigenvalue weighted by Crippen LogP contribution is 2.34. The second-order valence-electron chi connectivity index (χ2n) is 15.2. The summed E-state index contributed by atoms with van der Waals surface area (Å²) < 4.78 is 0. The predicted molar refractivity (Wildman–Crippen MR) is 187 cm³/mol. The van der Waals surface area contributed by atoms with Crippen molar-refractivity contribution in [1.82, 2.24) is 31.1 Å². The lowest BCUT2D eigenvalue weighted by Crippen LogP contribution is -2.65. The maximum absolute atomic E-state index is 14.4. The summed E-state index contributed by atoms with van der Waals surface area (Å²) in [5, 5.41) is 11.2. The molecule has 2 aliphatic heterocycles. The van der Waals surface area contributed by atoms with Gasteiger partial charge in [-0.2, -0.15) is 0 Å². The van der Waals surface area contributed by atoms with Crippen LogP contribution < -0.4 is 21.3 Å². The molecule has 0 spiro atoms. The van der Waals surface area contributed by atoms with Gasteiger partial charge in [0.1, 0.15) is 12.1 Å². The standard InChI is InChI=1S/C36H60N6O7/c1-11-14-15-25(29(45)32(47)37-19-12-2)38-31(46)28-24(22(4)5)18-20-41(28)33(48)30(35(8,9)10)39-34(49)40-36(13-3,23(6)7)21-42-26(43)16-17-27(42)44/h12,22-25,28,30H,2,11,13-21H2,1,3-10H3,(H,37,47)(H,38,46)(H2,39,40,49)/t24-,25?,28+,30-,36?/m1/s1. The van der Waals surface area contributed by atoms with Gasteiger partial charge in [0.15, 0.2) is 0 Å². The summed E-state index contributed by atoms with van der Waals surface area (Å²) in [5.41, 5.74) is -1.72. The third kappa shape index (κ3) is 10.4. The molecule has 13 nitrogen and oxygen atoms in total. The Morgan fingerprint density at radius 3 is 2.08 bits per heavy atom. The molecule has 0 saturated carbocycles. The average molecular weight is 689 g/mol. The minimum atomic E-state index is -1.06. The van der Waals surface area contributed by atoms with Crippen LogP contribution in [0.1, 0.15) is 107 Å². The summed E-state index contributed by atoms with van der Waals surface area (Å²) in [4.78, 5) is 95.5. The molecule has 2 aliphatic rings. The van der Waals surface area contributed by atoms with Gasteiger partial charge in [0.05, 0.1) is 18.1 Å². The predicted octanol–water partition coefficient (Wildman–Crippen LogP) is 3.07. The van der Waals surface area contributed by atoms with E-state index >= 15 is 0 Å². The molecule has 2 heterocycles. The lowest BCUT2D eigenvalue weighted by molar-refractivity contribution is -0.144. The fraction of sp³-hybridized carbons (Fsp3) is 0.750. The maximum atomic E-state index is 14.4. The molecular formula is C36H60N6O7. The number of unbranched alkanes of at least 4 members (excludes halogenated alkanes) is 1. The first-order valence-corrected chi connectivity index (χ1v) is 17.8. The Labute approximate surface area is 292 Å². The highest BCUT2D eigenvalue weighted by Gasteiger charge is 2.48. The maximum Gasteiger partial charge on any atom is 0.315 e. The lowest BCUT2D eigenvalue weighted by atomic mass is 9.82. The number of nitrogens with zero attached hydrogens (tertiary/aromatic N) is 2. The van der Waals surface area contributed by atoms with Crippen LogP contribution in [0.4, 0.5) is 4.79 Å². The lowest BCUT2D eigenvalue weighted by Gasteiger charge is -2.41. The van der Waals surface area contributed by atoms with E-state index in [0.29, 0.717) is 19.3 Å². The fourth-order valence-electron chi connectivity index (χ4n) is 6.71. The first-order valence-electron chi connectivity index (χ1n) is 17.8. The van der Waals surface area contributed by atoms with Crippen molar-refractivity contribution in [2.24, 2.45) is 23.2 Å². The third-order valence-corrected chi connectivity index (χ3v) is 10.0. The molecule has 2 saturated heterocycles. The molecule has 2 fully saturated rings. The number of ketones is 1. The van der Waals surface area contributed by atoms with Gasteiger partial charge in [0, 0.05) is 25.9 Å². The average Bonchev–Trinajstić information content (AvgIpc) is 3.62. The van der Waals surface area contributed by atoms with Gasteiger partial charge in [-0.15, -0.1) is 6.58 Å². The van der Waals surface area contributed by atoms with Gasteiger partial charge in [-0.25, -0.2) is 4.79 Å². The van der Waals surface area contributed by atoms with Crippen molar-refractivity contribution in [3.8, 4) is 0 Å². The van der Waals surface area contributed by atoms with Crippen LogP contribution in [0.5, 0.6) is 0 Å². The minimum Gasteiger partial charge on any atom is -0.346 e. The van der Waals surface area contributed by atoms with Crippen LogP contribution in [-0.4, -0.2) is 94.4 Å². The van der Waals surface area contributed by atoms with E-state index in [1.807, 2.05) is 62.3 Å². The van der Waals surface area contributed by atoms with Crippen molar-refractivity contribution in [2.45, 2.75) is 131 Å². The van der Waals surface area contributed by atoms with Gasteiger partial charge in [-0.1, -0.05) is 81.2 Å². The number of imide groups is 1. The second kappa shape index (κ2) is 17.8. The molecule has 7 amide bonds. The quantitative estimate of drug-likeness (QED) is 0.103. The van der Waals surface area contributed by atoms with Crippen LogP contribution >= 0.6 is 0 Å². The number of Topliss-reactive ketones (excluding diaryl/α,β-unsaturated/α-hetero) is 1. The Kier molecular flexibility index (Phi) is 15.0. The summed E-state index contributed by atoms with van der Waals surface area (Å²) in [6, 6.07) is -3.66. The number of carbonyl (C=O) groups is 7. The van der Waals surface area contributed by atoms with Crippen LogP contribution in [-0.2, 0) is 28.8 Å². The molecule has 49 heavy (non-hydrogen) atoms. The van der Waals surface area contributed by atoms with Gasteiger partial charge in [0.2, 0.25) is 29.4 Å². The molecule has 5 atom stereocenters. The van der Waals surface area contributed by atoms with Gasteiger partial charge in [-0.3, -0.25) is 33.7 Å². The zero-order chi connectivity index (χ0) is 37.3. The summed E-state index contributed by atoms with van der Waals surface area (Å²) in [6.07, 6.45) is 4.33. The largest absolute Gasteiger partial charge is 0.346 e. The second-order valence-corrected chi connectivity index (χ2v) is 15.2. The van der Waals surface area contributed by atoms with Crippen molar-refractivity contribution < 1.29 is 33.6 Å². The molecule has 276 valence electrons. The summed E-state index contributed by atoms with van der Waals surface area (Å²) >= 11 is 0. The van der Waals surface area contributed by atoms with Crippen LogP contribution in [0.3, 0.4) is 0 Å². The van der Waals surface area contributed by atoms with Crippen molar-refractivity contribution in [3.63, 3.8) is 0 Å². The molecule has 0 aromatic heterocycles. The Morgan fingerprint density at radius 1 is 0.980 bits per heavy atom. The van der Waals surface area contributed by atoms with E-state index in [1.165, 1.54) is 15.9 Å². The van der Waals surface area contributed by atoms with Crippen molar-refractivity contribution in [1.29, 1.82) is 0 Å². The summed E-state index contributed by atoms with van der Waals surface area (Å²) in [7, 11) is 0. The number of rotatable bonds is 17. The van der Waals surface area contributed by atoms with Crippen molar-refractivity contribution in [2.75, 3.05) is 19.6 Å². The number of hydrogen-bond donors (Lipinski definition) is 4. The van der Waals surface area contributed by atoms with E-state index in [2.05, 4.69) is 27.8 Å². The smallest absolute Gasteiger partial charge is 0.315 e. The van der Waals surface area contributed by atoms with Crippen LogP contribution in [0.15, 0.2) is 12.7 Å². The van der Waals surface area contributed by atoms with Crippen LogP contribution in [0.25, 0.3) is 0 Å². The Balaban J connectivity index is 2.38. The zero-order valence-electron chi connectivity index (χ0n) is 31.1. The SMILES string of the molecule is C=CCNC(=O)C(=O)C(CCCC)NC(=O)[C@@H]1[C@@H](C(C)C)CCN1C(=O)[C@@H](NC(=O)NC(CC)(CN1C(=O)CCC1=O)C(C)C)C(C)(C)C. The highest BCUT2D eigenvalue weighted by molar-refractivity contribution is 6.38. The van der Waals surface area contributed by atoms with E-state index < -0.39 is 58.6 Å². The molecule has 0 bridgehead atoms. The molecule has 0 aromatic carbocycles. The van der Waals surface area contributed by atoms with Gasteiger partial charge < -0.3 is 26.2 Å². The van der Waals surface area contributed by atoms with E-state index in [0.717, 1.165) is 6.42 Å². The molecule has 2 unspecified atom stereocenters. The number of likely N-dealkylation sites (tertiary alicyclic amines) is 2. The molecule has 13 heteroatoms. The molecule has 0 aliphatic carbocycles. The molecule has 0 aromatic rings. The van der Waals surface area contributed by atoms with E-state index in [9.17, 15) is 33.6 Å². The first-order chi connectivity index (χ1) is 22.8. The fourth-order valence-corrected chi connectivity index (χ4v) is 6.71. The van der Waals surface area contributed by atoms with E-state index in [1.54, 1.807) is 0 Å². The van der Waals surface area contributed by atoms with E-state index in [-0.39, 0.29) is 68.5 Å². The number of nitrogens with one attached hydrogen (secondary N) is 4. The minimum absolute atomic E-state index is 0.0193. The Morgan fingerprint density at radius 2 is 1.59 bits per heavy atom. The number of amides is 7. The molecule has 2 rings (SSSR count).